The van der Waals surface area contributed by atoms with Gasteiger partial charge in [0.2, 0.25) is 0 Å². The first-order valence-electron chi connectivity index (χ1n) is 8.19. The Morgan fingerprint density at radius 3 is 2.91 bits per heavy atom. The van der Waals surface area contributed by atoms with Crippen molar-refractivity contribution in [1.29, 1.82) is 0 Å². The lowest BCUT2D eigenvalue weighted by atomic mass is 10.1. The third-order valence-electron chi connectivity index (χ3n) is 4.31. The van der Waals surface area contributed by atoms with Crippen molar-refractivity contribution in [3.8, 4) is 11.5 Å². The van der Waals surface area contributed by atoms with E-state index in [-0.39, 0.29) is 24.8 Å². The van der Waals surface area contributed by atoms with Gasteiger partial charge in [0.05, 0.1) is 12.1 Å². The second-order valence-corrected chi connectivity index (χ2v) is 6.14. The van der Waals surface area contributed by atoms with Gasteiger partial charge < -0.3 is 19.7 Å². The molecule has 2 heterocycles. The van der Waals surface area contributed by atoms with Crippen molar-refractivity contribution in [2.24, 2.45) is 0 Å². The molecule has 3 rings (SSSR count). The first-order valence-corrected chi connectivity index (χ1v) is 8.19. The van der Waals surface area contributed by atoms with E-state index < -0.39 is 0 Å². The second kappa shape index (κ2) is 7.17. The number of hydrogen-bond acceptors (Lipinski definition) is 4. The number of halogens is 1. The fourth-order valence-electron chi connectivity index (χ4n) is 3.01. The molecule has 0 radical (unpaired) electrons. The van der Waals surface area contributed by atoms with Crippen LogP contribution in [0.5, 0.6) is 11.5 Å². The number of fused-ring (bicyclic) bond motifs is 1. The molecular formula is C17H23FN2O3. The summed E-state index contributed by atoms with van der Waals surface area (Å²) in [5.41, 5.74) is 0.541. The van der Waals surface area contributed by atoms with E-state index in [1.165, 1.54) is 0 Å². The van der Waals surface area contributed by atoms with Gasteiger partial charge in [-0.25, -0.2) is 4.39 Å². The largest absolute Gasteiger partial charge is 0.490 e. The van der Waals surface area contributed by atoms with Crippen LogP contribution in [0.1, 0.15) is 30.1 Å². The quantitative estimate of drug-likeness (QED) is 0.921. The lowest BCUT2D eigenvalue weighted by Gasteiger charge is -2.31. The average Bonchev–Trinajstić information content (AvgIpc) is 2.68. The van der Waals surface area contributed by atoms with Crippen molar-refractivity contribution >= 4 is 5.91 Å². The van der Waals surface area contributed by atoms with Crippen LogP contribution in [0.3, 0.4) is 0 Å². The Morgan fingerprint density at radius 1 is 1.39 bits per heavy atom. The van der Waals surface area contributed by atoms with E-state index >= 15 is 0 Å². The molecular weight excluding hydrogens is 299 g/mol. The summed E-state index contributed by atoms with van der Waals surface area (Å²) in [6, 6.07) is 5.35. The van der Waals surface area contributed by atoms with Gasteiger partial charge in [-0.05, 0) is 31.9 Å². The van der Waals surface area contributed by atoms with E-state index in [2.05, 4.69) is 10.2 Å². The molecule has 6 heteroatoms. The number of nitrogens with one attached hydrogen (secondary N) is 1. The van der Waals surface area contributed by atoms with Crippen molar-refractivity contribution in [2.45, 2.75) is 32.0 Å². The van der Waals surface area contributed by atoms with Gasteiger partial charge in [-0.3, -0.25) is 4.79 Å². The first kappa shape index (κ1) is 16.1. The normalized spacial score (nSPS) is 22.7. The number of carbonyl (C=O) groups is 1. The van der Waals surface area contributed by atoms with Gasteiger partial charge in [-0.2, -0.15) is 0 Å². The molecule has 2 aliphatic rings. The molecule has 0 aliphatic carbocycles. The Kier molecular flexibility index (Phi) is 5.00. The van der Waals surface area contributed by atoms with Gasteiger partial charge in [0.25, 0.3) is 5.91 Å². The van der Waals surface area contributed by atoms with Crippen molar-refractivity contribution in [2.75, 3.05) is 32.9 Å². The minimum atomic E-state index is -0.298. The molecule has 0 saturated carbocycles. The predicted octanol–water partition coefficient (Wildman–Crippen LogP) is 2.01. The van der Waals surface area contributed by atoms with E-state index in [1.807, 2.05) is 13.0 Å². The molecule has 1 aromatic carbocycles. The molecule has 0 bridgehead atoms. The van der Waals surface area contributed by atoms with Gasteiger partial charge in [-0.1, -0.05) is 0 Å². The number of ether oxygens (including phenoxy) is 2. The maximum absolute atomic E-state index is 12.4. The summed E-state index contributed by atoms with van der Waals surface area (Å²) in [4.78, 5) is 14.1. The molecule has 1 saturated heterocycles. The fourth-order valence-corrected chi connectivity index (χ4v) is 3.01. The van der Waals surface area contributed by atoms with Gasteiger partial charge in [0.1, 0.15) is 30.4 Å². The number of likely N-dealkylation sites (tertiary alicyclic amines) is 1. The minimum absolute atomic E-state index is 0.0700. The third-order valence-corrected chi connectivity index (χ3v) is 4.31. The number of piperidine rings is 1. The molecule has 2 aliphatic heterocycles. The van der Waals surface area contributed by atoms with Crippen LogP contribution < -0.4 is 14.8 Å². The first-order chi connectivity index (χ1) is 11.2. The number of alkyl halides is 1. The summed E-state index contributed by atoms with van der Waals surface area (Å²) < 4.78 is 24.2. The monoisotopic (exact) mass is 322 g/mol. The maximum atomic E-state index is 12.4. The number of nitrogens with zero attached hydrogens (tertiary/aromatic N) is 1. The summed E-state index contributed by atoms with van der Waals surface area (Å²) in [6.07, 6.45) is 1.82. The van der Waals surface area contributed by atoms with E-state index in [4.69, 9.17) is 9.47 Å². The predicted molar refractivity (Wildman–Crippen MR) is 84.9 cm³/mol. The summed E-state index contributed by atoms with van der Waals surface area (Å²) in [6.45, 7) is 4.34. The number of carbonyl (C=O) groups excluding carboxylic acids is 1. The number of amides is 1. The minimum Gasteiger partial charge on any atom is -0.490 e. The van der Waals surface area contributed by atoms with Crippen LogP contribution in [0.15, 0.2) is 18.2 Å². The molecule has 0 aromatic heterocycles. The Hall–Kier alpha value is -1.82. The molecule has 5 nitrogen and oxygen atoms in total. The van der Waals surface area contributed by atoms with Crippen LogP contribution in [0.2, 0.25) is 0 Å². The smallest absolute Gasteiger partial charge is 0.255 e. The molecule has 1 atom stereocenters. The van der Waals surface area contributed by atoms with Crippen LogP contribution in [-0.2, 0) is 0 Å². The zero-order valence-corrected chi connectivity index (χ0v) is 13.4. The lowest BCUT2D eigenvalue weighted by Crippen LogP contribution is -2.39. The topological polar surface area (TPSA) is 50.8 Å². The average molecular weight is 322 g/mol. The molecule has 1 aromatic rings. The maximum Gasteiger partial charge on any atom is 0.255 e. The molecule has 23 heavy (non-hydrogen) atoms. The van der Waals surface area contributed by atoms with E-state index in [9.17, 15) is 9.18 Å². The van der Waals surface area contributed by atoms with Gasteiger partial charge >= 0.3 is 0 Å². The molecule has 1 fully saturated rings. The molecule has 126 valence electrons. The van der Waals surface area contributed by atoms with Crippen molar-refractivity contribution < 1.29 is 18.7 Å². The van der Waals surface area contributed by atoms with Crippen LogP contribution in [0.4, 0.5) is 4.39 Å². The molecule has 1 unspecified atom stereocenters. The summed E-state index contributed by atoms with van der Waals surface area (Å²) >= 11 is 0. The summed E-state index contributed by atoms with van der Waals surface area (Å²) in [5.74, 6) is 1.17. The van der Waals surface area contributed by atoms with Crippen LogP contribution in [-0.4, -0.2) is 55.9 Å². The SMILES string of the molecule is CC1CNC(=O)c2ccc(OC3CCN(CCF)CC3)cc2O1. The number of hydrogen-bond donors (Lipinski definition) is 1. The third kappa shape index (κ3) is 3.93. The van der Waals surface area contributed by atoms with Crippen LogP contribution in [0.25, 0.3) is 0 Å². The van der Waals surface area contributed by atoms with Gasteiger partial charge in [-0.15, -0.1) is 0 Å². The Morgan fingerprint density at radius 2 is 2.17 bits per heavy atom. The van der Waals surface area contributed by atoms with E-state index in [1.54, 1.807) is 12.1 Å². The molecule has 1 N–H and O–H groups in total. The number of rotatable bonds is 4. The van der Waals surface area contributed by atoms with Crippen molar-refractivity contribution in [1.82, 2.24) is 10.2 Å². The lowest BCUT2D eigenvalue weighted by molar-refractivity contribution is 0.0952. The zero-order valence-electron chi connectivity index (χ0n) is 13.4. The second-order valence-electron chi connectivity index (χ2n) is 6.14. The van der Waals surface area contributed by atoms with E-state index in [0.29, 0.717) is 24.4 Å². The highest BCUT2D eigenvalue weighted by molar-refractivity contribution is 5.97. The van der Waals surface area contributed by atoms with Gasteiger partial charge in [0.15, 0.2) is 0 Å². The van der Waals surface area contributed by atoms with E-state index in [0.717, 1.165) is 31.7 Å². The van der Waals surface area contributed by atoms with Crippen molar-refractivity contribution in [3.05, 3.63) is 23.8 Å². The highest BCUT2D eigenvalue weighted by atomic mass is 19.1. The Labute approximate surface area is 135 Å². The highest BCUT2D eigenvalue weighted by Gasteiger charge is 2.23. The summed E-state index contributed by atoms with van der Waals surface area (Å²) in [7, 11) is 0. The number of benzene rings is 1. The van der Waals surface area contributed by atoms with Crippen LogP contribution >= 0.6 is 0 Å². The zero-order chi connectivity index (χ0) is 16.2. The Balaban J connectivity index is 1.64. The van der Waals surface area contributed by atoms with Crippen LogP contribution in [0, 0.1) is 0 Å². The fraction of sp³-hybridized carbons (Fsp3) is 0.588. The Bertz CT molecular complexity index is 559. The summed E-state index contributed by atoms with van der Waals surface area (Å²) in [5, 5.41) is 2.83. The standard InChI is InChI=1S/C17H23FN2O3/c1-12-11-19-17(21)15-3-2-14(10-16(15)22-12)23-13-4-7-20(8-5-13)9-6-18/h2-3,10,12-13H,4-9,11H2,1H3,(H,19,21). The van der Waals surface area contributed by atoms with Gasteiger partial charge in [0, 0.05) is 25.7 Å². The van der Waals surface area contributed by atoms with Crippen molar-refractivity contribution in [3.63, 3.8) is 0 Å². The highest BCUT2D eigenvalue weighted by Crippen LogP contribution is 2.29. The molecule has 1 amide bonds. The molecule has 0 spiro atoms.